The van der Waals surface area contributed by atoms with Gasteiger partial charge in [0.2, 0.25) is 0 Å². The largest absolute Gasteiger partial charge is 0.388 e. The molecule has 0 heterocycles. The van der Waals surface area contributed by atoms with E-state index in [9.17, 15) is 9.90 Å². The first-order chi connectivity index (χ1) is 8.04. The molecule has 18 heavy (non-hydrogen) atoms. The molecule has 0 aliphatic rings. The fraction of sp³-hybridized carbons (Fsp3) is 0.500. The van der Waals surface area contributed by atoms with Crippen molar-refractivity contribution in [2.45, 2.75) is 45.8 Å². The molecule has 1 rings (SSSR count). The second-order valence-electron chi connectivity index (χ2n) is 5.60. The summed E-state index contributed by atoms with van der Waals surface area (Å²) in [6.45, 7) is 8.76. The number of benzene rings is 1. The van der Waals surface area contributed by atoms with Crippen molar-refractivity contribution >= 4 is 17.5 Å². The normalized spacial score (nSPS) is 12.4. The van der Waals surface area contributed by atoms with Crippen molar-refractivity contribution in [1.29, 1.82) is 0 Å². The maximum atomic E-state index is 12.1. The molecular weight excluding hydrogens is 250 g/mol. The number of aliphatic hydroxyl groups is 1. The van der Waals surface area contributed by atoms with Crippen molar-refractivity contribution < 1.29 is 9.90 Å². The first-order valence-corrected chi connectivity index (χ1v) is 6.23. The third-order valence-electron chi connectivity index (χ3n) is 3.39. The Balaban J connectivity index is 2.93. The molecule has 1 amide bonds. The number of amides is 1. The molecule has 0 spiro atoms. The van der Waals surface area contributed by atoms with Crippen LogP contribution in [0, 0.1) is 6.92 Å². The van der Waals surface area contributed by atoms with E-state index in [0.717, 1.165) is 5.56 Å². The van der Waals surface area contributed by atoms with Crippen molar-refractivity contribution in [2.75, 3.05) is 0 Å². The summed E-state index contributed by atoms with van der Waals surface area (Å²) in [7, 11) is 0. The highest BCUT2D eigenvalue weighted by molar-refractivity contribution is 6.31. The molecular formula is C14H20ClNO2. The quantitative estimate of drug-likeness (QED) is 0.886. The van der Waals surface area contributed by atoms with Gasteiger partial charge in [0.1, 0.15) is 0 Å². The summed E-state index contributed by atoms with van der Waals surface area (Å²) in [6, 6.07) is 5.15. The van der Waals surface area contributed by atoms with Gasteiger partial charge in [-0.15, -0.1) is 0 Å². The first-order valence-electron chi connectivity index (χ1n) is 5.85. The number of carbonyl (C=O) groups is 1. The first kappa shape index (κ1) is 15.0. The van der Waals surface area contributed by atoms with Crippen LogP contribution in [0.5, 0.6) is 0 Å². The average Bonchev–Trinajstić information content (AvgIpc) is 2.19. The summed E-state index contributed by atoms with van der Waals surface area (Å²) in [5.41, 5.74) is -0.337. The minimum Gasteiger partial charge on any atom is -0.388 e. The Morgan fingerprint density at radius 2 is 1.83 bits per heavy atom. The van der Waals surface area contributed by atoms with Crippen molar-refractivity contribution in [3.63, 3.8) is 0 Å². The van der Waals surface area contributed by atoms with Crippen LogP contribution in [-0.2, 0) is 0 Å². The molecule has 1 aromatic carbocycles. The highest BCUT2D eigenvalue weighted by Crippen LogP contribution is 2.22. The molecule has 3 nitrogen and oxygen atoms in total. The van der Waals surface area contributed by atoms with Crippen LogP contribution < -0.4 is 5.32 Å². The van der Waals surface area contributed by atoms with Crippen LogP contribution in [0.3, 0.4) is 0 Å². The maximum Gasteiger partial charge on any atom is 0.251 e. The monoisotopic (exact) mass is 269 g/mol. The highest BCUT2D eigenvalue weighted by Gasteiger charge is 2.36. The fourth-order valence-electron chi connectivity index (χ4n) is 1.24. The molecule has 0 aliphatic carbocycles. The number of hydrogen-bond donors (Lipinski definition) is 2. The van der Waals surface area contributed by atoms with Gasteiger partial charge in [0.05, 0.1) is 11.1 Å². The Kier molecular flexibility index (Phi) is 4.08. The van der Waals surface area contributed by atoms with Crippen LogP contribution in [0.1, 0.15) is 43.6 Å². The Hall–Kier alpha value is -1.06. The molecule has 0 radical (unpaired) electrons. The highest BCUT2D eigenvalue weighted by atomic mass is 35.5. The third-order valence-corrected chi connectivity index (χ3v) is 3.80. The predicted octanol–water partition coefficient (Wildman–Crippen LogP) is 2.93. The Bertz CT molecular complexity index is 461. The third kappa shape index (κ3) is 3.24. The molecule has 0 atom stereocenters. The molecule has 0 fully saturated rings. The SMILES string of the molecule is Cc1ccc(C(=O)NC(C)(C)C(C)(C)O)cc1Cl. The summed E-state index contributed by atoms with van der Waals surface area (Å²) in [4.78, 5) is 12.1. The van der Waals surface area contributed by atoms with Crippen molar-refractivity contribution in [2.24, 2.45) is 0 Å². The summed E-state index contributed by atoms with van der Waals surface area (Å²) < 4.78 is 0. The van der Waals surface area contributed by atoms with E-state index >= 15 is 0 Å². The van der Waals surface area contributed by atoms with Crippen molar-refractivity contribution in [3.05, 3.63) is 34.3 Å². The molecule has 4 heteroatoms. The number of aryl methyl sites for hydroxylation is 1. The Morgan fingerprint density at radius 1 is 1.28 bits per heavy atom. The van der Waals surface area contributed by atoms with E-state index in [1.54, 1.807) is 45.9 Å². The minimum absolute atomic E-state index is 0.246. The van der Waals surface area contributed by atoms with Crippen molar-refractivity contribution in [1.82, 2.24) is 5.32 Å². The lowest BCUT2D eigenvalue weighted by molar-refractivity contribution is -0.00292. The lowest BCUT2D eigenvalue weighted by Gasteiger charge is -2.38. The molecule has 0 bridgehead atoms. The number of nitrogens with one attached hydrogen (secondary N) is 1. The number of rotatable bonds is 3. The molecule has 1 aromatic rings. The second-order valence-corrected chi connectivity index (χ2v) is 6.01. The van der Waals surface area contributed by atoms with Gasteiger partial charge in [-0.05, 0) is 52.3 Å². The zero-order valence-corrected chi connectivity index (χ0v) is 12.2. The number of hydrogen-bond acceptors (Lipinski definition) is 2. The van der Waals surface area contributed by atoms with E-state index < -0.39 is 11.1 Å². The summed E-state index contributed by atoms with van der Waals surface area (Å²) >= 11 is 5.99. The average molecular weight is 270 g/mol. The number of carbonyl (C=O) groups excluding carboxylic acids is 1. The molecule has 0 saturated carbocycles. The van der Waals surface area contributed by atoms with Crippen LogP contribution in [0.15, 0.2) is 18.2 Å². The standard InChI is InChI=1S/C14H20ClNO2/c1-9-6-7-10(8-11(9)15)12(17)16-13(2,3)14(4,5)18/h6-8,18H,1-5H3,(H,16,17). The second kappa shape index (κ2) is 4.90. The molecule has 0 unspecified atom stereocenters. The van der Waals surface area contributed by atoms with Gasteiger partial charge in [0.15, 0.2) is 0 Å². The molecule has 0 aromatic heterocycles. The van der Waals surface area contributed by atoms with Gasteiger partial charge in [-0.25, -0.2) is 0 Å². The summed E-state index contributed by atoms with van der Waals surface area (Å²) in [6.07, 6.45) is 0. The van der Waals surface area contributed by atoms with Crippen LogP contribution >= 0.6 is 11.6 Å². The molecule has 0 aliphatic heterocycles. The van der Waals surface area contributed by atoms with E-state index in [4.69, 9.17) is 11.6 Å². The zero-order valence-electron chi connectivity index (χ0n) is 11.5. The number of halogens is 1. The van der Waals surface area contributed by atoms with Crippen molar-refractivity contribution in [3.8, 4) is 0 Å². The van der Waals surface area contributed by atoms with Crippen LogP contribution in [0.2, 0.25) is 5.02 Å². The predicted molar refractivity (Wildman–Crippen MR) is 74.0 cm³/mol. The van der Waals surface area contributed by atoms with Crippen LogP contribution in [0.25, 0.3) is 0 Å². The summed E-state index contributed by atoms with van der Waals surface area (Å²) in [5.74, 6) is -0.246. The van der Waals surface area contributed by atoms with Gasteiger partial charge in [-0.3, -0.25) is 4.79 Å². The maximum absolute atomic E-state index is 12.1. The Labute approximate surface area is 113 Å². The van der Waals surface area contributed by atoms with E-state index in [0.29, 0.717) is 10.6 Å². The molecule has 100 valence electrons. The smallest absolute Gasteiger partial charge is 0.251 e. The lowest BCUT2D eigenvalue weighted by atomic mass is 9.85. The van der Waals surface area contributed by atoms with Gasteiger partial charge in [-0.2, -0.15) is 0 Å². The van der Waals surface area contributed by atoms with Crippen LogP contribution in [0.4, 0.5) is 0 Å². The van der Waals surface area contributed by atoms with Gasteiger partial charge < -0.3 is 10.4 Å². The van der Waals surface area contributed by atoms with E-state index in [-0.39, 0.29) is 5.91 Å². The lowest BCUT2D eigenvalue weighted by Crippen LogP contribution is -2.57. The molecule has 0 saturated heterocycles. The van der Waals surface area contributed by atoms with E-state index in [2.05, 4.69) is 5.32 Å². The van der Waals surface area contributed by atoms with Gasteiger partial charge in [0, 0.05) is 10.6 Å². The van der Waals surface area contributed by atoms with Gasteiger partial charge in [-0.1, -0.05) is 17.7 Å². The van der Waals surface area contributed by atoms with Gasteiger partial charge in [0.25, 0.3) is 5.91 Å². The fourth-order valence-corrected chi connectivity index (χ4v) is 1.42. The van der Waals surface area contributed by atoms with Crippen LogP contribution in [-0.4, -0.2) is 22.2 Å². The van der Waals surface area contributed by atoms with Gasteiger partial charge >= 0.3 is 0 Å². The minimum atomic E-state index is -1.02. The van der Waals surface area contributed by atoms with E-state index in [1.807, 2.05) is 6.92 Å². The Morgan fingerprint density at radius 3 is 2.28 bits per heavy atom. The zero-order chi connectivity index (χ0) is 14.1. The summed E-state index contributed by atoms with van der Waals surface area (Å²) in [5, 5.41) is 13.4. The topological polar surface area (TPSA) is 49.3 Å². The van der Waals surface area contributed by atoms with E-state index in [1.165, 1.54) is 0 Å². The molecule has 2 N–H and O–H groups in total.